The van der Waals surface area contributed by atoms with Crippen molar-refractivity contribution < 1.29 is 14.6 Å². The van der Waals surface area contributed by atoms with Gasteiger partial charge < -0.3 is 20.3 Å². The van der Waals surface area contributed by atoms with Gasteiger partial charge >= 0.3 is 0 Å². The Labute approximate surface area is 118 Å². The van der Waals surface area contributed by atoms with Crippen molar-refractivity contribution in [1.82, 2.24) is 0 Å². The lowest BCUT2D eigenvalue weighted by molar-refractivity contribution is 0.171. The van der Waals surface area contributed by atoms with Crippen LogP contribution in [0.3, 0.4) is 0 Å². The van der Waals surface area contributed by atoms with Gasteiger partial charge in [0.25, 0.3) is 0 Å². The van der Waals surface area contributed by atoms with Crippen molar-refractivity contribution in [2.24, 2.45) is 5.73 Å². The third-order valence-electron chi connectivity index (χ3n) is 3.04. The monoisotopic (exact) mass is 283 g/mol. The fraction of sp³-hybridized carbons (Fsp3) is 0.571. The molecule has 1 aromatic carbocycles. The van der Waals surface area contributed by atoms with E-state index in [9.17, 15) is 0 Å². The molecule has 0 amide bonds. The summed E-state index contributed by atoms with van der Waals surface area (Å²) in [6, 6.07) is 6.02. The lowest BCUT2D eigenvalue weighted by atomic mass is 9.99. The Morgan fingerprint density at radius 1 is 1.32 bits per heavy atom. The number of thioether (sulfide) groups is 1. The number of aliphatic hydroxyl groups excluding tert-OH is 1. The SMILES string of the molecule is CC(N)(CO)CCCSc1ccc2c(c1)OCCO2. The second-order valence-electron chi connectivity index (χ2n) is 5.07. The lowest BCUT2D eigenvalue weighted by Crippen LogP contribution is -2.40. The van der Waals surface area contributed by atoms with Crippen molar-refractivity contribution in [3.05, 3.63) is 18.2 Å². The summed E-state index contributed by atoms with van der Waals surface area (Å²) < 4.78 is 11.0. The molecule has 0 aliphatic carbocycles. The van der Waals surface area contributed by atoms with Crippen LogP contribution in [0.1, 0.15) is 19.8 Å². The van der Waals surface area contributed by atoms with E-state index >= 15 is 0 Å². The quantitative estimate of drug-likeness (QED) is 0.618. The molecule has 0 saturated carbocycles. The van der Waals surface area contributed by atoms with Gasteiger partial charge in [0, 0.05) is 10.4 Å². The normalized spacial score (nSPS) is 17.0. The third-order valence-corrected chi connectivity index (χ3v) is 4.12. The highest BCUT2D eigenvalue weighted by Crippen LogP contribution is 2.34. The van der Waals surface area contributed by atoms with Gasteiger partial charge in [-0.15, -0.1) is 11.8 Å². The molecule has 19 heavy (non-hydrogen) atoms. The lowest BCUT2D eigenvalue weighted by Gasteiger charge is -2.21. The fourth-order valence-corrected chi connectivity index (χ4v) is 2.74. The molecule has 1 aromatic rings. The highest BCUT2D eigenvalue weighted by atomic mass is 32.2. The zero-order valence-corrected chi connectivity index (χ0v) is 12.0. The first kappa shape index (κ1) is 14.5. The Morgan fingerprint density at radius 2 is 2.05 bits per heavy atom. The number of benzene rings is 1. The molecule has 5 heteroatoms. The molecule has 4 nitrogen and oxygen atoms in total. The van der Waals surface area contributed by atoms with Crippen LogP contribution in [0.5, 0.6) is 11.5 Å². The van der Waals surface area contributed by atoms with Crippen molar-refractivity contribution >= 4 is 11.8 Å². The van der Waals surface area contributed by atoms with Crippen LogP contribution in [-0.4, -0.2) is 36.2 Å². The van der Waals surface area contributed by atoms with Crippen LogP contribution < -0.4 is 15.2 Å². The molecule has 1 atom stereocenters. The minimum absolute atomic E-state index is 0.0295. The number of hydrogen-bond donors (Lipinski definition) is 2. The van der Waals surface area contributed by atoms with Gasteiger partial charge in [-0.05, 0) is 43.7 Å². The Balaban J connectivity index is 1.80. The molecule has 1 unspecified atom stereocenters. The second-order valence-corrected chi connectivity index (χ2v) is 6.24. The van der Waals surface area contributed by atoms with E-state index in [0.717, 1.165) is 30.1 Å². The van der Waals surface area contributed by atoms with Crippen LogP contribution in [0.2, 0.25) is 0 Å². The molecule has 0 aromatic heterocycles. The first-order valence-corrected chi connectivity index (χ1v) is 7.51. The van der Waals surface area contributed by atoms with Gasteiger partial charge in [-0.2, -0.15) is 0 Å². The number of rotatable bonds is 6. The van der Waals surface area contributed by atoms with Crippen LogP contribution in [-0.2, 0) is 0 Å². The average Bonchev–Trinajstić information content (AvgIpc) is 2.43. The van der Waals surface area contributed by atoms with Gasteiger partial charge in [-0.1, -0.05) is 0 Å². The summed E-state index contributed by atoms with van der Waals surface area (Å²) >= 11 is 1.77. The van der Waals surface area contributed by atoms with Crippen molar-refractivity contribution in [3.8, 4) is 11.5 Å². The first-order valence-electron chi connectivity index (χ1n) is 6.53. The molecule has 0 radical (unpaired) electrons. The zero-order chi connectivity index (χ0) is 13.7. The topological polar surface area (TPSA) is 64.7 Å². The summed E-state index contributed by atoms with van der Waals surface area (Å²) in [4.78, 5) is 1.17. The fourth-order valence-electron chi connectivity index (χ4n) is 1.86. The number of nitrogens with two attached hydrogens (primary N) is 1. The Bertz CT molecular complexity index is 423. The molecule has 2 rings (SSSR count). The van der Waals surface area contributed by atoms with E-state index in [1.54, 1.807) is 11.8 Å². The second kappa shape index (κ2) is 6.50. The van der Waals surface area contributed by atoms with Gasteiger partial charge in [-0.25, -0.2) is 0 Å². The highest BCUT2D eigenvalue weighted by molar-refractivity contribution is 7.99. The standard InChI is InChI=1S/C14H21NO3S/c1-14(15,10-16)5-2-8-19-11-3-4-12-13(9-11)18-7-6-17-12/h3-4,9,16H,2,5-8,10,15H2,1H3. The minimum atomic E-state index is -0.465. The summed E-state index contributed by atoms with van der Waals surface area (Å²) in [7, 11) is 0. The zero-order valence-electron chi connectivity index (χ0n) is 11.2. The Hall–Kier alpha value is -0.910. The summed E-state index contributed by atoms with van der Waals surface area (Å²) in [5, 5.41) is 9.08. The molecule has 0 bridgehead atoms. The van der Waals surface area contributed by atoms with E-state index in [-0.39, 0.29) is 6.61 Å². The number of ether oxygens (including phenoxy) is 2. The van der Waals surface area contributed by atoms with E-state index < -0.39 is 5.54 Å². The Kier molecular flexibility index (Phi) is 4.96. The van der Waals surface area contributed by atoms with Crippen LogP contribution in [0.4, 0.5) is 0 Å². The predicted octanol–water partition coefficient (Wildman–Crippen LogP) is 2.04. The van der Waals surface area contributed by atoms with Gasteiger partial charge in [0.1, 0.15) is 13.2 Å². The molecule has 0 saturated heterocycles. The molecular weight excluding hydrogens is 262 g/mol. The maximum atomic E-state index is 9.08. The largest absolute Gasteiger partial charge is 0.486 e. The van der Waals surface area contributed by atoms with E-state index in [1.807, 2.05) is 25.1 Å². The molecule has 1 aliphatic rings. The molecule has 0 spiro atoms. The van der Waals surface area contributed by atoms with Crippen LogP contribution in [0, 0.1) is 0 Å². The number of aliphatic hydroxyl groups is 1. The summed E-state index contributed by atoms with van der Waals surface area (Å²) in [6.45, 7) is 3.14. The molecule has 1 aliphatic heterocycles. The van der Waals surface area contributed by atoms with E-state index in [0.29, 0.717) is 13.2 Å². The Morgan fingerprint density at radius 3 is 2.79 bits per heavy atom. The van der Waals surface area contributed by atoms with Crippen LogP contribution >= 0.6 is 11.8 Å². The van der Waals surface area contributed by atoms with Crippen molar-refractivity contribution in [2.45, 2.75) is 30.2 Å². The highest BCUT2D eigenvalue weighted by Gasteiger charge is 2.16. The summed E-state index contributed by atoms with van der Waals surface area (Å²) in [6.07, 6.45) is 1.80. The van der Waals surface area contributed by atoms with Gasteiger partial charge in [0.05, 0.1) is 6.61 Å². The van der Waals surface area contributed by atoms with E-state index in [2.05, 4.69) is 0 Å². The van der Waals surface area contributed by atoms with Crippen LogP contribution in [0.25, 0.3) is 0 Å². The van der Waals surface area contributed by atoms with Crippen molar-refractivity contribution in [2.75, 3.05) is 25.6 Å². The van der Waals surface area contributed by atoms with Gasteiger partial charge in [-0.3, -0.25) is 0 Å². The van der Waals surface area contributed by atoms with Gasteiger partial charge in [0.15, 0.2) is 11.5 Å². The molecular formula is C14H21NO3S. The first-order chi connectivity index (χ1) is 9.11. The van der Waals surface area contributed by atoms with Crippen molar-refractivity contribution in [3.63, 3.8) is 0 Å². The van der Waals surface area contributed by atoms with Gasteiger partial charge in [0.2, 0.25) is 0 Å². The molecule has 1 heterocycles. The number of fused-ring (bicyclic) bond motifs is 1. The van der Waals surface area contributed by atoms with E-state index in [4.69, 9.17) is 20.3 Å². The summed E-state index contributed by atoms with van der Waals surface area (Å²) in [5.41, 5.74) is 5.43. The maximum absolute atomic E-state index is 9.08. The third kappa shape index (κ3) is 4.30. The van der Waals surface area contributed by atoms with Crippen LogP contribution in [0.15, 0.2) is 23.1 Å². The molecule has 3 N–H and O–H groups in total. The molecule has 106 valence electrons. The predicted molar refractivity (Wildman–Crippen MR) is 77.1 cm³/mol. The molecule has 0 fully saturated rings. The number of hydrogen-bond acceptors (Lipinski definition) is 5. The van der Waals surface area contributed by atoms with Crippen molar-refractivity contribution in [1.29, 1.82) is 0 Å². The van der Waals surface area contributed by atoms with E-state index in [1.165, 1.54) is 4.90 Å². The smallest absolute Gasteiger partial charge is 0.162 e. The maximum Gasteiger partial charge on any atom is 0.162 e. The summed E-state index contributed by atoms with van der Waals surface area (Å²) in [5.74, 6) is 2.63. The minimum Gasteiger partial charge on any atom is -0.486 e. The average molecular weight is 283 g/mol.